The van der Waals surface area contributed by atoms with Crippen LogP contribution in [-0.2, 0) is 4.79 Å². The van der Waals surface area contributed by atoms with Gasteiger partial charge in [0, 0.05) is 17.3 Å². The van der Waals surface area contributed by atoms with Gasteiger partial charge in [0.1, 0.15) is 6.04 Å². The minimum absolute atomic E-state index is 0.380. The second-order valence-corrected chi connectivity index (χ2v) is 5.49. The van der Waals surface area contributed by atoms with Crippen LogP contribution in [0.3, 0.4) is 0 Å². The molecule has 0 aliphatic rings. The number of nitrogens with two attached hydrogens (primary N) is 2. The molecule has 0 spiro atoms. The number of carbonyl (C=O) groups excluding carboxylic acids is 2. The summed E-state index contributed by atoms with van der Waals surface area (Å²) in [6.07, 6.45) is 0. The third-order valence-electron chi connectivity index (χ3n) is 3.60. The standard InChI is InChI=1S/C17H20N4O3/c1-10(18)15(17(23)21-24)20-16(22)13-4-2-11(3-5-13)12-6-8-14(19)9-7-12/h2-10,15,24H,18-19H2,1H3,(H,20,22)(H,21,23)/t10-,15+/m1/s1. The average molecular weight is 328 g/mol. The summed E-state index contributed by atoms with van der Waals surface area (Å²) in [6, 6.07) is 12.6. The van der Waals surface area contributed by atoms with Gasteiger partial charge >= 0.3 is 0 Å². The molecule has 0 fully saturated rings. The Balaban J connectivity index is 2.13. The molecule has 0 aliphatic carbocycles. The lowest BCUT2D eigenvalue weighted by Gasteiger charge is -2.20. The van der Waals surface area contributed by atoms with Crippen molar-refractivity contribution in [2.75, 3.05) is 5.73 Å². The summed E-state index contributed by atoms with van der Waals surface area (Å²) in [7, 11) is 0. The number of hydrogen-bond donors (Lipinski definition) is 5. The van der Waals surface area contributed by atoms with Gasteiger partial charge in [-0.05, 0) is 42.3 Å². The second-order valence-electron chi connectivity index (χ2n) is 5.49. The molecule has 2 atom stereocenters. The van der Waals surface area contributed by atoms with Crippen molar-refractivity contribution in [3.63, 3.8) is 0 Å². The summed E-state index contributed by atoms with van der Waals surface area (Å²) in [5.74, 6) is -1.22. The Labute approximate surface area is 139 Å². The van der Waals surface area contributed by atoms with E-state index in [4.69, 9.17) is 16.7 Å². The van der Waals surface area contributed by atoms with E-state index in [0.29, 0.717) is 11.3 Å². The van der Waals surface area contributed by atoms with Crippen molar-refractivity contribution in [1.82, 2.24) is 10.8 Å². The van der Waals surface area contributed by atoms with Crippen molar-refractivity contribution in [3.05, 3.63) is 54.1 Å². The molecule has 2 aromatic carbocycles. The molecule has 0 saturated carbocycles. The van der Waals surface area contributed by atoms with Gasteiger partial charge in [0.15, 0.2) is 0 Å². The van der Waals surface area contributed by atoms with E-state index in [1.165, 1.54) is 5.48 Å². The first-order valence-corrected chi connectivity index (χ1v) is 7.38. The number of hydroxylamine groups is 1. The maximum Gasteiger partial charge on any atom is 0.267 e. The summed E-state index contributed by atoms with van der Waals surface area (Å²) in [5, 5.41) is 11.2. The van der Waals surface area contributed by atoms with Crippen LogP contribution in [0.5, 0.6) is 0 Å². The summed E-state index contributed by atoms with van der Waals surface area (Å²) < 4.78 is 0. The first-order chi connectivity index (χ1) is 11.4. The van der Waals surface area contributed by atoms with Crippen LogP contribution < -0.4 is 22.3 Å². The van der Waals surface area contributed by atoms with Crippen LogP contribution in [0.15, 0.2) is 48.5 Å². The highest BCUT2D eigenvalue weighted by molar-refractivity contribution is 5.98. The molecular formula is C17H20N4O3. The Hall–Kier alpha value is -2.90. The van der Waals surface area contributed by atoms with Gasteiger partial charge < -0.3 is 16.8 Å². The number of rotatable bonds is 5. The van der Waals surface area contributed by atoms with Gasteiger partial charge in [0.05, 0.1) is 0 Å². The molecule has 2 rings (SSSR count). The number of anilines is 1. The zero-order valence-electron chi connectivity index (χ0n) is 13.2. The third-order valence-corrected chi connectivity index (χ3v) is 3.60. The fraction of sp³-hybridized carbons (Fsp3) is 0.176. The lowest BCUT2D eigenvalue weighted by atomic mass is 10.0. The minimum Gasteiger partial charge on any atom is -0.399 e. The number of benzene rings is 2. The molecule has 2 amide bonds. The van der Waals surface area contributed by atoms with Crippen molar-refractivity contribution in [1.29, 1.82) is 0 Å². The van der Waals surface area contributed by atoms with E-state index in [2.05, 4.69) is 5.32 Å². The van der Waals surface area contributed by atoms with Crippen LogP contribution in [0.2, 0.25) is 0 Å². The van der Waals surface area contributed by atoms with E-state index in [1.54, 1.807) is 43.3 Å². The van der Waals surface area contributed by atoms with Crippen LogP contribution in [-0.4, -0.2) is 29.1 Å². The fourth-order valence-corrected chi connectivity index (χ4v) is 2.22. The molecule has 0 bridgehead atoms. The number of carbonyl (C=O) groups is 2. The van der Waals surface area contributed by atoms with Crippen LogP contribution >= 0.6 is 0 Å². The molecule has 7 nitrogen and oxygen atoms in total. The Morgan fingerprint density at radius 1 is 1.00 bits per heavy atom. The smallest absolute Gasteiger partial charge is 0.267 e. The molecule has 0 aromatic heterocycles. The summed E-state index contributed by atoms with van der Waals surface area (Å²) in [6.45, 7) is 1.56. The lowest BCUT2D eigenvalue weighted by molar-refractivity contribution is -0.131. The predicted molar refractivity (Wildman–Crippen MR) is 91.1 cm³/mol. The van der Waals surface area contributed by atoms with Gasteiger partial charge in [-0.3, -0.25) is 14.8 Å². The number of amides is 2. The van der Waals surface area contributed by atoms with Crippen molar-refractivity contribution < 1.29 is 14.8 Å². The maximum atomic E-state index is 12.2. The summed E-state index contributed by atoms with van der Waals surface area (Å²) in [4.78, 5) is 23.7. The normalized spacial score (nSPS) is 13.0. The molecule has 0 radical (unpaired) electrons. The van der Waals surface area contributed by atoms with Crippen molar-refractivity contribution in [2.45, 2.75) is 19.0 Å². The SMILES string of the molecule is C[C@@H](N)[C@H](NC(=O)c1ccc(-c2ccc(N)cc2)cc1)C(=O)NO. The molecule has 24 heavy (non-hydrogen) atoms. The monoisotopic (exact) mass is 328 g/mol. The fourth-order valence-electron chi connectivity index (χ4n) is 2.22. The Morgan fingerprint density at radius 3 is 1.96 bits per heavy atom. The van der Waals surface area contributed by atoms with Gasteiger partial charge in [-0.25, -0.2) is 5.48 Å². The highest BCUT2D eigenvalue weighted by Gasteiger charge is 2.24. The van der Waals surface area contributed by atoms with Crippen molar-refractivity contribution in [2.24, 2.45) is 5.73 Å². The van der Waals surface area contributed by atoms with Crippen molar-refractivity contribution in [3.8, 4) is 11.1 Å². The van der Waals surface area contributed by atoms with Crippen molar-refractivity contribution >= 4 is 17.5 Å². The Kier molecular flexibility index (Phi) is 5.51. The van der Waals surface area contributed by atoms with E-state index in [0.717, 1.165) is 11.1 Å². The summed E-state index contributed by atoms with van der Waals surface area (Å²) in [5.41, 5.74) is 15.8. The van der Waals surface area contributed by atoms with E-state index < -0.39 is 23.9 Å². The molecule has 0 saturated heterocycles. The number of hydrogen-bond acceptors (Lipinski definition) is 5. The molecular weight excluding hydrogens is 308 g/mol. The molecule has 7 N–H and O–H groups in total. The second kappa shape index (κ2) is 7.58. The van der Waals surface area contributed by atoms with E-state index >= 15 is 0 Å². The molecule has 126 valence electrons. The molecule has 0 heterocycles. The zero-order valence-corrected chi connectivity index (χ0v) is 13.2. The van der Waals surface area contributed by atoms with E-state index in [-0.39, 0.29) is 0 Å². The van der Waals surface area contributed by atoms with Gasteiger partial charge in [-0.15, -0.1) is 0 Å². The number of nitrogens with one attached hydrogen (secondary N) is 2. The molecule has 7 heteroatoms. The van der Waals surface area contributed by atoms with Gasteiger partial charge in [0.2, 0.25) is 0 Å². The topological polar surface area (TPSA) is 130 Å². The Morgan fingerprint density at radius 2 is 1.50 bits per heavy atom. The Bertz CT molecular complexity index is 712. The van der Waals surface area contributed by atoms with Crippen LogP contribution in [0.1, 0.15) is 17.3 Å². The quantitative estimate of drug-likeness (QED) is 0.316. The van der Waals surface area contributed by atoms with E-state index in [9.17, 15) is 9.59 Å². The minimum atomic E-state index is -1.03. The van der Waals surface area contributed by atoms with Crippen LogP contribution in [0.4, 0.5) is 5.69 Å². The first-order valence-electron chi connectivity index (χ1n) is 7.38. The maximum absolute atomic E-state index is 12.2. The molecule has 0 aliphatic heterocycles. The molecule has 2 aromatic rings. The van der Waals surface area contributed by atoms with Gasteiger partial charge in [-0.1, -0.05) is 24.3 Å². The first kappa shape index (κ1) is 17.5. The highest BCUT2D eigenvalue weighted by atomic mass is 16.5. The summed E-state index contributed by atoms with van der Waals surface area (Å²) >= 11 is 0. The van der Waals surface area contributed by atoms with Crippen LogP contribution in [0.25, 0.3) is 11.1 Å². The molecule has 0 unspecified atom stereocenters. The largest absolute Gasteiger partial charge is 0.399 e. The third kappa shape index (κ3) is 4.09. The van der Waals surface area contributed by atoms with E-state index in [1.807, 2.05) is 12.1 Å². The van der Waals surface area contributed by atoms with Gasteiger partial charge in [-0.2, -0.15) is 0 Å². The van der Waals surface area contributed by atoms with Crippen LogP contribution in [0, 0.1) is 0 Å². The highest BCUT2D eigenvalue weighted by Crippen LogP contribution is 2.21. The average Bonchev–Trinajstić information content (AvgIpc) is 2.59. The lowest BCUT2D eigenvalue weighted by Crippen LogP contribution is -2.54. The predicted octanol–water partition coefficient (Wildman–Crippen LogP) is 0.887. The zero-order chi connectivity index (χ0) is 17.7. The number of nitrogen functional groups attached to an aromatic ring is 1. The van der Waals surface area contributed by atoms with Gasteiger partial charge in [0.25, 0.3) is 11.8 Å².